The minimum atomic E-state index is -1.57. The molecule has 4 aliphatic heterocycles. The first kappa shape index (κ1) is 41.7. The molecule has 3 N–H and O–H groups in total. The quantitative estimate of drug-likeness (QED) is 0.204. The lowest BCUT2D eigenvalue weighted by molar-refractivity contribution is -0.158. The highest BCUT2D eigenvalue weighted by atomic mass is 19.1. The highest BCUT2D eigenvalue weighted by Gasteiger charge is 2.46. The zero-order chi connectivity index (χ0) is 40.5. The van der Waals surface area contributed by atoms with Gasteiger partial charge in [-0.25, -0.2) is 13.6 Å². The lowest BCUT2D eigenvalue weighted by Crippen LogP contribution is -2.62. The molecule has 0 aromatic heterocycles. The fraction of sp³-hybridized carbons (Fsp3) is 0.525. The van der Waals surface area contributed by atoms with Gasteiger partial charge in [0.1, 0.15) is 54.5 Å². The maximum Gasteiger partial charge on any atom is 0.328 e. The number of hydrogen-bond acceptors (Lipinski definition) is 8. The van der Waals surface area contributed by atoms with Crippen LogP contribution in [0.5, 0.6) is 0 Å². The van der Waals surface area contributed by atoms with Crippen LogP contribution in [0.15, 0.2) is 54.7 Å². The van der Waals surface area contributed by atoms with Crippen molar-refractivity contribution < 1.29 is 47.1 Å². The van der Waals surface area contributed by atoms with E-state index >= 15 is 0 Å². The van der Waals surface area contributed by atoms with E-state index in [-0.39, 0.29) is 50.4 Å². The summed E-state index contributed by atoms with van der Waals surface area (Å²) >= 11 is 0. The number of carbonyl (C=O) groups excluding carboxylic acids is 7. The number of carbonyl (C=O) groups is 7. The van der Waals surface area contributed by atoms with Crippen LogP contribution in [0.2, 0.25) is 0 Å². The third-order valence-electron chi connectivity index (χ3n) is 10.5. The second-order valence-corrected chi connectivity index (χ2v) is 14.8. The van der Waals surface area contributed by atoms with Crippen molar-refractivity contribution in [3.63, 3.8) is 0 Å². The number of fused-ring (bicyclic) bond motifs is 3. The molecule has 4 heterocycles. The van der Waals surface area contributed by atoms with Crippen molar-refractivity contribution in [3.8, 4) is 0 Å². The number of benzene rings is 1. The van der Waals surface area contributed by atoms with E-state index in [0.29, 0.717) is 31.7 Å². The Labute approximate surface area is 324 Å². The average Bonchev–Trinajstić information content (AvgIpc) is 3.81. The standard InChI is InChI=1S/C40H50F2N6O8/c1-4-5-6-7-8-14-34(49)44-29(20-26-18-27(41)21-28(42)19-26)35(50)45-30-23-56-40(55)33-17-24(2)22-48(33)37(52)25(3)43-36(51)31-12-9-10-15-46(31)39(54)32-13-11-16-47(32)38(30)53/h4-8,14,18-19,21,24-25,29-33H,9-13,15-17,20,22-23H2,1-3H3,(H,43,51)(H,44,49)(H,45,50)/b5-4+,7-6+,14-8+/t24-,25+,29+,30+,31+,32+,33+/m1/s1. The van der Waals surface area contributed by atoms with Gasteiger partial charge in [-0.05, 0) is 76.0 Å². The monoisotopic (exact) mass is 780 g/mol. The molecule has 1 aromatic rings. The van der Waals surface area contributed by atoms with E-state index < -0.39 is 95.9 Å². The summed E-state index contributed by atoms with van der Waals surface area (Å²) in [5.74, 6) is -6.59. The number of halogens is 2. The number of rotatable bonds is 8. The molecule has 7 atom stereocenters. The molecule has 4 saturated heterocycles. The topological polar surface area (TPSA) is 175 Å². The summed E-state index contributed by atoms with van der Waals surface area (Å²) in [6.45, 7) is 5.13. The number of nitrogens with one attached hydrogen (secondary N) is 3. The Hall–Kier alpha value is -5.41. The van der Waals surface area contributed by atoms with E-state index in [0.717, 1.165) is 18.2 Å². The number of hydrogen-bond donors (Lipinski definition) is 3. The van der Waals surface area contributed by atoms with Crippen molar-refractivity contribution in [2.75, 3.05) is 26.2 Å². The van der Waals surface area contributed by atoms with Gasteiger partial charge in [-0.1, -0.05) is 37.3 Å². The van der Waals surface area contributed by atoms with Gasteiger partial charge in [0.2, 0.25) is 35.4 Å². The van der Waals surface area contributed by atoms with Gasteiger partial charge in [-0.2, -0.15) is 0 Å². The fourth-order valence-electron chi connectivity index (χ4n) is 7.76. The van der Waals surface area contributed by atoms with Crippen LogP contribution in [0.3, 0.4) is 0 Å². The molecule has 56 heavy (non-hydrogen) atoms. The molecule has 0 unspecified atom stereocenters. The first-order valence-electron chi connectivity index (χ1n) is 19.2. The maximum absolute atomic E-state index is 14.4. The lowest BCUT2D eigenvalue weighted by Gasteiger charge is -2.39. The SMILES string of the molecule is C/C=C/C=C/C=C/C(=O)N[C@@H](Cc1cc(F)cc(F)c1)C(=O)N[C@H]1COC(=O)[C@@H]2C[C@@H](C)CN2C(=O)[C@H](C)NC(=O)[C@@H]2CCCCN2C(=O)[C@@H]2CCCN2C1=O. The zero-order valence-corrected chi connectivity index (χ0v) is 31.9. The number of cyclic esters (lactones) is 1. The molecule has 5 rings (SSSR count). The van der Waals surface area contributed by atoms with Gasteiger partial charge in [-0.3, -0.25) is 28.8 Å². The Kier molecular flexibility index (Phi) is 14.1. The molecule has 1 aromatic carbocycles. The molecular formula is C40H50F2N6O8. The predicted octanol–water partition coefficient (Wildman–Crippen LogP) is 1.84. The number of nitrogens with zero attached hydrogens (tertiary/aromatic N) is 3. The molecule has 4 fully saturated rings. The molecule has 4 aliphatic rings. The highest BCUT2D eigenvalue weighted by Crippen LogP contribution is 2.28. The maximum atomic E-state index is 14.4. The van der Waals surface area contributed by atoms with Gasteiger partial charge >= 0.3 is 5.97 Å². The number of piperidine rings is 1. The predicted molar refractivity (Wildman–Crippen MR) is 199 cm³/mol. The molecule has 16 heteroatoms. The second kappa shape index (κ2) is 19.0. The van der Waals surface area contributed by atoms with Gasteiger partial charge in [0.25, 0.3) is 0 Å². The van der Waals surface area contributed by atoms with Crippen LogP contribution >= 0.6 is 0 Å². The minimum Gasteiger partial charge on any atom is -0.461 e. The summed E-state index contributed by atoms with van der Waals surface area (Å²) < 4.78 is 34.1. The average molecular weight is 781 g/mol. The van der Waals surface area contributed by atoms with Crippen LogP contribution in [-0.2, 0) is 44.7 Å². The molecule has 14 nitrogen and oxygen atoms in total. The zero-order valence-electron chi connectivity index (χ0n) is 31.9. The Morgan fingerprint density at radius 2 is 1.54 bits per heavy atom. The molecule has 0 bridgehead atoms. The van der Waals surface area contributed by atoms with Gasteiger partial charge in [0.15, 0.2) is 0 Å². The van der Waals surface area contributed by atoms with E-state index in [2.05, 4.69) is 16.0 Å². The third-order valence-corrected chi connectivity index (χ3v) is 10.5. The normalized spacial score (nSPS) is 27.3. The van der Waals surface area contributed by atoms with E-state index in [1.807, 2.05) is 13.8 Å². The van der Waals surface area contributed by atoms with E-state index in [4.69, 9.17) is 4.74 Å². The fourth-order valence-corrected chi connectivity index (χ4v) is 7.76. The molecule has 0 saturated carbocycles. The van der Waals surface area contributed by atoms with Gasteiger partial charge in [0, 0.05) is 38.2 Å². The Morgan fingerprint density at radius 1 is 0.857 bits per heavy atom. The summed E-state index contributed by atoms with van der Waals surface area (Å²) in [7, 11) is 0. The largest absolute Gasteiger partial charge is 0.461 e. The minimum absolute atomic E-state index is 0.0373. The Morgan fingerprint density at radius 3 is 2.27 bits per heavy atom. The van der Waals surface area contributed by atoms with Crippen LogP contribution in [0.1, 0.15) is 64.9 Å². The van der Waals surface area contributed by atoms with E-state index in [1.165, 1.54) is 27.7 Å². The van der Waals surface area contributed by atoms with E-state index in [9.17, 15) is 42.3 Å². The summed E-state index contributed by atoms with van der Waals surface area (Å²) in [4.78, 5) is 101. The van der Waals surface area contributed by atoms with Crippen LogP contribution in [0.25, 0.3) is 0 Å². The van der Waals surface area contributed by atoms with Gasteiger partial charge in [0.05, 0.1) is 0 Å². The third kappa shape index (κ3) is 10.3. The van der Waals surface area contributed by atoms with Gasteiger partial charge in [-0.15, -0.1) is 0 Å². The van der Waals surface area contributed by atoms with Crippen molar-refractivity contribution in [2.24, 2.45) is 5.92 Å². The number of ether oxygens (including phenoxy) is 1. The van der Waals surface area contributed by atoms with Crippen molar-refractivity contribution in [1.82, 2.24) is 30.7 Å². The van der Waals surface area contributed by atoms with Crippen molar-refractivity contribution >= 4 is 41.4 Å². The van der Waals surface area contributed by atoms with Crippen LogP contribution in [0.4, 0.5) is 8.78 Å². The van der Waals surface area contributed by atoms with Crippen LogP contribution in [-0.4, -0.2) is 119 Å². The Balaban J connectivity index is 1.47. The summed E-state index contributed by atoms with van der Waals surface area (Å²) in [6, 6.07) is -4.27. The summed E-state index contributed by atoms with van der Waals surface area (Å²) in [5.41, 5.74) is 0.0373. The molecular weight excluding hydrogens is 730 g/mol. The summed E-state index contributed by atoms with van der Waals surface area (Å²) in [5, 5.41) is 7.86. The van der Waals surface area contributed by atoms with Crippen molar-refractivity contribution in [1.29, 1.82) is 0 Å². The highest BCUT2D eigenvalue weighted by molar-refractivity contribution is 5.98. The van der Waals surface area contributed by atoms with Crippen LogP contribution in [0, 0.1) is 17.6 Å². The van der Waals surface area contributed by atoms with Gasteiger partial charge < -0.3 is 35.4 Å². The number of amides is 6. The number of allylic oxidation sites excluding steroid dienone is 5. The molecule has 302 valence electrons. The summed E-state index contributed by atoms with van der Waals surface area (Å²) in [6.07, 6.45) is 11.6. The Bertz CT molecular complexity index is 1760. The molecule has 6 amide bonds. The van der Waals surface area contributed by atoms with Crippen LogP contribution < -0.4 is 16.0 Å². The van der Waals surface area contributed by atoms with E-state index in [1.54, 1.807) is 24.3 Å². The lowest BCUT2D eigenvalue weighted by atomic mass is 9.99. The van der Waals surface area contributed by atoms with Crippen molar-refractivity contribution in [3.05, 3.63) is 71.9 Å². The number of esters is 1. The molecule has 0 spiro atoms. The molecule has 0 radical (unpaired) electrons. The molecule has 0 aliphatic carbocycles. The second-order valence-electron chi connectivity index (χ2n) is 14.8. The van der Waals surface area contributed by atoms with Crippen molar-refractivity contribution in [2.45, 2.75) is 102 Å². The first-order valence-corrected chi connectivity index (χ1v) is 19.2. The first-order chi connectivity index (χ1) is 26.8. The smallest absolute Gasteiger partial charge is 0.328 e.